The van der Waals surface area contributed by atoms with Crippen LogP contribution in [-0.4, -0.2) is 45.6 Å². The molecule has 3 aliphatic heterocycles. The number of carbonyl (C=O) groups excluding carboxylic acids is 2. The molecular formula is C28H29N3O6. The van der Waals surface area contributed by atoms with E-state index in [-0.39, 0.29) is 17.4 Å². The number of esters is 1. The Morgan fingerprint density at radius 2 is 1.84 bits per heavy atom. The molecule has 4 aliphatic rings. The summed E-state index contributed by atoms with van der Waals surface area (Å²) >= 11 is 0. The average molecular weight is 504 g/mol. The lowest BCUT2D eigenvalue weighted by Crippen LogP contribution is -2.56. The van der Waals surface area contributed by atoms with Crippen LogP contribution < -0.4 is 9.47 Å². The van der Waals surface area contributed by atoms with Crippen LogP contribution in [0.15, 0.2) is 42.5 Å². The summed E-state index contributed by atoms with van der Waals surface area (Å²) in [6, 6.07) is 11.3. The summed E-state index contributed by atoms with van der Waals surface area (Å²) in [6.45, 7) is 5.65. The normalized spacial score (nSPS) is 25.8. The largest absolute Gasteiger partial charge is 0.427 e. The number of ether oxygens (including phenoxy) is 2. The summed E-state index contributed by atoms with van der Waals surface area (Å²) in [5.41, 5.74) is 2.76. The molecule has 2 aromatic carbocycles. The summed E-state index contributed by atoms with van der Waals surface area (Å²) < 4.78 is 12.9. The van der Waals surface area contributed by atoms with E-state index >= 15 is 0 Å². The van der Waals surface area contributed by atoms with Gasteiger partial charge in [0.05, 0.1) is 10.4 Å². The van der Waals surface area contributed by atoms with Crippen LogP contribution in [0.5, 0.6) is 11.5 Å². The molecule has 1 aromatic heterocycles. The Balaban J connectivity index is 1.48. The molecule has 37 heavy (non-hydrogen) atoms. The van der Waals surface area contributed by atoms with Crippen LogP contribution in [0.1, 0.15) is 50.3 Å². The van der Waals surface area contributed by atoms with Crippen molar-refractivity contribution in [3.63, 3.8) is 0 Å². The Bertz CT molecular complexity index is 1410. The first-order chi connectivity index (χ1) is 17.8. The van der Waals surface area contributed by atoms with Crippen LogP contribution in [0.2, 0.25) is 0 Å². The van der Waals surface area contributed by atoms with Crippen LogP contribution in [0, 0.1) is 22.0 Å². The van der Waals surface area contributed by atoms with E-state index in [0.29, 0.717) is 23.6 Å². The maximum atomic E-state index is 13.8. The molecule has 1 saturated carbocycles. The van der Waals surface area contributed by atoms with Gasteiger partial charge in [0.2, 0.25) is 0 Å². The third kappa shape index (κ3) is 3.98. The maximum absolute atomic E-state index is 13.8. The predicted molar refractivity (Wildman–Crippen MR) is 136 cm³/mol. The van der Waals surface area contributed by atoms with Gasteiger partial charge in [-0.3, -0.25) is 19.8 Å². The van der Waals surface area contributed by atoms with Crippen molar-refractivity contribution in [2.75, 3.05) is 13.1 Å². The lowest BCUT2D eigenvalue weighted by molar-refractivity contribution is -0.384. The topological polar surface area (TPSA) is 104 Å². The van der Waals surface area contributed by atoms with Gasteiger partial charge in [-0.2, -0.15) is 0 Å². The second kappa shape index (κ2) is 8.99. The van der Waals surface area contributed by atoms with Crippen molar-refractivity contribution in [2.45, 2.75) is 51.5 Å². The monoisotopic (exact) mass is 503 g/mol. The zero-order chi connectivity index (χ0) is 25.8. The van der Waals surface area contributed by atoms with E-state index in [4.69, 9.17) is 9.47 Å². The van der Waals surface area contributed by atoms with Crippen LogP contribution in [0.3, 0.4) is 0 Å². The Labute approximate surface area is 214 Å². The quantitative estimate of drug-likeness (QED) is 0.206. The number of carbonyl (C=O) groups is 2. The number of nitro groups is 1. The lowest BCUT2D eigenvalue weighted by atomic mass is 9.65. The Morgan fingerprint density at radius 1 is 1.08 bits per heavy atom. The van der Waals surface area contributed by atoms with Crippen molar-refractivity contribution in [3.05, 3.63) is 63.8 Å². The molecule has 3 fully saturated rings. The van der Waals surface area contributed by atoms with Crippen molar-refractivity contribution in [3.8, 4) is 11.5 Å². The average Bonchev–Trinajstić information content (AvgIpc) is 3.14. The molecule has 3 aromatic rings. The highest BCUT2D eigenvalue weighted by Gasteiger charge is 2.50. The smallest absolute Gasteiger partial charge is 0.424 e. The molecule has 5 atom stereocenters. The summed E-state index contributed by atoms with van der Waals surface area (Å²) in [5, 5.41) is 11.9. The molecule has 4 heterocycles. The Morgan fingerprint density at radius 3 is 2.54 bits per heavy atom. The number of hydrogen-bond donors (Lipinski definition) is 0. The molecule has 2 saturated heterocycles. The van der Waals surface area contributed by atoms with Gasteiger partial charge in [-0.1, -0.05) is 13.3 Å². The molecule has 1 aliphatic carbocycles. The van der Waals surface area contributed by atoms with Gasteiger partial charge in [0.15, 0.2) is 0 Å². The number of benzene rings is 2. The zero-order valence-corrected chi connectivity index (χ0v) is 20.9. The molecule has 7 rings (SSSR count). The molecule has 9 nitrogen and oxygen atoms in total. The SMILES string of the molecule is CC[C@H]1C[C@H]2C[C@H]3c4c(c5cc(OC(C)=O)ccc5n4C(=O)Oc4ccc([N+](=O)[O-])cc4)CCN(C2)C13. The van der Waals surface area contributed by atoms with Crippen molar-refractivity contribution in [1.29, 1.82) is 0 Å². The number of nitro benzene ring substituents is 1. The Kier molecular flexibility index (Phi) is 5.75. The van der Waals surface area contributed by atoms with Crippen molar-refractivity contribution in [1.82, 2.24) is 9.47 Å². The third-order valence-electron chi connectivity index (χ3n) is 8.34. The molecule has 4 bridgehead atoms. The summed E-state index contributed by atoms with van der Waals surface area (Å²) in [7, 11) is 0. The van der Waals surface area contributed by atoms with Crippen molar-refractivity contribution >= 4 is 28.7 Å². The fraction of sp³-hybridized carbons (Fsp3) is 0.429. The van der Waals surface area contributed by atoms with Crippen LogP contribution >= 0.6 is 0 Å². The first-order valence-electron chi connectivity index (χ1n) is 12.9. The third-order valence-corrected chi connectivity index (χ3v) is 8.34. The molecule has 0 spiro atoms. The Hall–Kier alpha value is -3.72. The molecule has 0 N–H and O–H groups in total. The number of nitrogens with zero attached hydrogens (tertiary/aromatic N) is 3. The lowest BCUT2D eigenvalue weighted by Gasteiger charge is -2.53. The first-order valence-corrected chi connectivity index (χ1v) is 12.9. The van der Waals surface area contributed by atoms with E-state index in [0.717, 1.165) is 54.5 Å². The molecule has 192 valence electrons. The van der Waals surface area contributed by atoms with Crippen LogP contribution in [0.4, 0.5) is 10.5 Å². The van der Waals surface area contributed by atoms with Gasteiger partial charge in [0.25, 0.3) is 5.69 Å². The van der Waals surface area contributed by atoms with Crippen LogP contribution in [-0.2, 0) is 11.2 Å². The van der Waals surface area contributed by atoms with E-state index < -0.39 is 17.0 Å². The van der Waals surface area contributed by atoms with Gasteiger partial charge in [-0.25, -0.2) is 9.36 Å². The molecular weight excluding hydrogens is 474 g/mol. The van der Waals surface area contributed by atoms with Gasteiger partial charge in [-0.15, -0.1) is 0 Å². The van der Waals surface area contributed by atoms with Crippen molar-refractivity contribution in [2.24, 2.45) is 11.8 Å². The number of hydrogen-bond acceptors (Lipinski definition) is 7. The van der Waals surface area contributed by atoms with E-state index in [2.05, 4.69) is 11.8 Å². The number of fused-ring (bicyclic) bond motifs is 4. The number of aromatic nitrogens is 1. The second-order valence-electron chi connectivity index (χ2n) is 10.4. The molecule has 0 radical (unpaired) electrons. The van der Waals surface area contributed by atoms with Gasteiger partial charge < -0.3 is 9.47 Å². The minimum atomic E-state index is -0.539. The summed E-state index contributed by atoms with van der Waals surface area (Å²) in [5.74, 6) is 1.67. The van der Waals surface area contributed by atoms with E-state index in [1.54, 1.807) is 10.6 Å². The fourth-order valence-corrected chi connectivity index (χ4v) is 7.04. The number of rotatable bonds is 4. The standard InChI is InChI=1S/C28H29N3O6/c1-3-18-12-17-13-24-26(18)29(15-17)11-10-22-23-14-21(36-16(2)32)8-9-25(23)30(27(22)24)28(33)37-20-6-4-19(5-7-20)31(34)35/h4-9,14,17-18,24,26H,3,10-13,15H2,1-2H3/t17-,18-,24+,26?/m0/s1. The fourth-order valence-electron chi connectivity index (χ4n) is 7.04. The first kappa shape index (κ1) is 23.7. The summed E-state index contributed by atoms with van der Waals surface area (Å²) in [4.78, 5) is 38.6. The van der Waals surface area contributed by atoms with E-state index in [1.165, 1.54) is 37.6 Å². The second-order valence-corrected chi connectivity index (χ2v) is 10.4. The highest BCUT2D eigenvalue weighted by atomic mass is 16.6. The van der Waals surface area contributed by atoms with Gasteiger partial charge in [0.1, 0.15) is 11.5 Å². The zero-order valence-electron chi connectivity index (χ0n) is 20.9. The van der Waals surface area contributed by atoms with Gasteiger partial charge in [-0.05, 0) is 67.0 Å². The van der Waals surface area contributed by atoms with Gasteiger partial charge >= 0.3 is 12.1 Å². The molecule has 9 heteroatoms. The van der Waals surface area contributed by atoms with Crippen molar-refractivity contribution < 1.29 is 24.0 Å². The minimum absolute atomic E-state index is 0.0676. The van der Waals surface area contributed by atoms with E-state index in [9.17, 15) is 19.7 Å². The maximum Gasteiger partial charge on any atom is 0.424 e. The highest BCUT2D eigenvalue weighted by molar-refractivity contribution is 5.95. The predicted octanol–water partition coefficient (Wildman–Crippen LogP) is 5.28. The minimum Gasteiger partial charge on any atom is -0.427 e. The highest BCUT2D eigenvalue weighted by Crippen LogP contribution is 2.52. The molecule has 0 amide bonds. The number of piperidine rings is 2. The van der Waals surface area contributed by atoms with Crippen LogP contribution in [0.25, 0.3) is 10.9 Å². The van der Waals surface area contributed by atoms with Gasteiger partial charge in [0, 0.05) is 55.2 Å². The van der Waals surface area contributed by atoms with E-state index in [1.807, 2.05) is 12.1 Å². The molecule has 2 unspecified atom stereocenters. The number of non-ortho nitro benzene ring substituents is 1. The summed E-state index contributed by atoms with van der Waals surface area (Å²) in [6.07, 6.45) is 3.62.